The molecule has 0 aliphatic heterocycles. The van der Waals surface area contributed by atoms with E-state index in [4.69, 9.17) is 10.5 Å². The number of nitrogens with one attached hydrogen (secondary N) is 2. The highest BCUT2D eigenvalue weighted by atomic mass is 32.1. The van der Waals surface area contributed by atoms with Gasteiger partial charge in [0.15, 0.2) is 16.8 Å². The van der Waals surface area contributed by atoms with Gasteiger partial charge in [-0.1, -0.05) is 0 Å². The van der Waals surface area contributed by atoms with E-state index in [1.807, 2.05) is 20.8 Å². The Kier molecular flexibility index (Phi) is 4.92. The van der Waals surface area contributed by atoms with E-state index in [0.29, 0.717) is 23.9 Å². The number of aromatic nitrogens is 3. The smallest absolute Gasteiger partial charge is 0.188 e. The molecule has 114 valence electrons. The van der Waals surface area contributed by atoms with Gasteiger partial charge in [0.2, 0.25) is 0 Å². The van der Waals surface area contributed by atoms with Crippen molar-refractivity contribution in [2.45, 2.75) is 26.8 Å². The van der Waals surface area contributed by atoms with E-state index in [0.717, 1.165) is 15.7 Å². The van der Waals surface area contributed by atoms with Gasteiger partial charge in [-0.25, -0.2) is 15.0 Å². The minimum atomic E-state index is 0.101. The van der Waals surface area contributed by atoms with Crippen molar-refractivity contribution in [3.05, 3.63) is 16.9 Å². The molecule has 0 spiro atoms. The van der Waals surface area contributed by atoms with Gasteiger partial charge in [0.25, 0.3) is 0 Å². The highest BCUT2D eigenvalue weighted by Crippen LogP contribution is 2.29. The van der Waals surface area contributed by atoms with Gasteiger partial charge >= 0.3 is 0 Å². The van der Waals surface area contributed by atoms with Crippen LogP contribution in [-0.2, 0) is 4.74 Å². The maximum absolute atomic E-state index is 6.11. The Morgan fingerprint density at radius 2 is 2.05 bits per heavy atom. The molecule has 0 saturated carbocycles. The van der Waals surface area contributed by atoms with Gasteiger partial charge in [0.05, 0.1) is 12.3 Å². The van der Waals surface area contributed by atoms with E-state index >= 15 is 0 Å². The van der Waals surface area contributed by atoms with Crippen LogP contribution >= 0.6 is 11.3 Å². The van der Waals surface area contributed by atoms with E-state index in [1.54, 1.807) is 18.4 Å². The summed E-state index contributed by atoms with van der Waals surface area (Å²) in [6.07, 6.45) is 1.47. The predicted octanol–water partition coefficient (Wildman–Crippen LogP) is 2.32. The maximum Gasteiger partial charge on any atom is 0.188 e. The van der Waals surface area contributed by atoms with Crippen molar-refractivity contribution < 1.29 is 4.74 Å². The van der Waals surface area contributed by atoms with Crippen LogP contribution in [0.2, 0.25) is 0 Å². The zero-order valence-corrected chi connectivity index (χ0v) is 13.4. The van der Waals surface area contributed by atoms with Crippen LogP contribution in [-0.4, -0.2) is 34.7 Å². The Hall–Kier alpha value is -1.93. The molecule has 2 heterocycles. The number of methoxy groups -OCH3 is 1. The summed E-state index contributed by atoms with van der Waals surface area (Å²) in [5, 5.41) is 7.10. The summed E-state index contributed by atoms with van der Waals surface area (Å²) < 4.78 is 5.09. The van der Waals surface area contributed by atoms with Crippen molar-refractivity contribution >= 4 is 33.8 Å². The standard InChI is InChI=1S/C13H20N6OS/c1-7(5-20-4)17-11-10(14)12(16-6-15-11)19-13-18-8(2)9(3)21-13/h6-7H,5,14H2,1-4H3,(H2,15,16,17,18,19). The molecule has 21 heavy (non-hydrogen) atoms. The minimum absolute atomic E-state index is 0.101. The van der Waals surface area contributed by atoms with Crippen LogP contribution in [0.4, 0.5) is 22.5 Å². The Bertz CT molecular complexity index is 595. The third-order valence-electron chi connectivity index (χ3n) is 2.94. The summed E-state index contributed by atoms with van der Waals surface area (Å²) in [6, 6.07) is 0.101. The number of rotatable bonds is 6. The number of nitrogens with two attached hydrogens (primary N) is 1. The largest absolute Gasteiger partial charge is 0.393 e. The van der Waals surface area contributed by atoms with Gasteiger partial charge in [-0.2, -0.15) is 0 Å². The van der Waals surface area contributed by atoms with E-state index in [2.05, 4.69) is 25.6 Å². The Morgan fingerprint density at radius 1 is 1.33 bits per heavy atom. The summed E-state index contributed by atoms with van der Waals surface area (Å²) in [5.74, 6) is 1.13. The molecule has 1 atom stereocenters. The van der Waals surface area contributed by atoms with Crippen LogP contribution in [0, 0.1) is 13.8 Å². The third-order valence-corrected chi connectivity index (χ3v) is 3.93. The first-order valence-electron chi connectivity index (χ1n) is 6.58. The van der Waals surface area contributed by atoms with Crippen molar-refractivity contribution in [3.63, 3.8) is 0 Å². The van der Waals surface area contributed by atoms with E-state index < -0.39 is 0 Å². The molecule has 0 aliphatic carbocycles. The number of ether oxygens (including phenoxy) is 1. The molecule has 0 aliphatic rings. The molecule has 8 heteroatoms. The molecule has 0 aromatic carbocycles. The minimum Gasteiger partial charge on any atom is -0.393 e. The topological polar surface area (TPSA) is 98.0 Å². The predicted molar refractivity (Wildman–Crippen MR) is 86.3 cm³/mol. The second-order valence-corrected chi connectivity index (χ2v) is 5.97. The van der Waals surface area contributed by atoms with Crippen LogP contribution in [0.15, 0.2) is 6.33 Å². The van der Waals surface area contributed by atoms with Gasteiger partial charge in [0, 0.05) is 18.0 Å². The maximum atomic E-state index is 6.11. The van der Waals surface area contributed by atoms with Crippen molar-refractivity contribution in [2.24, 2.45) is 0 Å². The summed E-state index contributed by atoms with van der Waals surface area (Å²) in [7, 11) is 1.65. The average molecular weight is 308 g/mol. The van der Waals surface area contributed by atoms with Gasteiger partial charge in [-0.05, 0) is 20.8 Å². The number of hydrogen-bond acceptors (Lipinski definition) is 8. The summed E-state index contributed by atoms with van der Waals surface area (Å²) in [5.41, 5.74) is 7.57. The summed E-state index contributed by atoms with van der Waals surface area (Å²) in [4.78, 5) is 13.9. The molecule has 0 radical (unpaired) electrons. The molecule has 2 rings (SSSR count). The molecular formula is C13H20N6OS. The molecule has 2 aromatic heterocycles. The second kappa shape index (κ2) is 6.68. The molecular weight excluding hydrogens is 288 g/mol. The van der Waals surface area contributed by atoms with Gasteiger partial charge in [-0.3, -0.25) is 0 Å². The number of thiazole rings is 1. The van der Waals surface area contributed by atoms with Crippen molar-refractivity contribution in [2.75, 3.05) is 30.1 Å². The molecule has 0 amide bonds. The van der Waals surface area contributed by atoms with Crippen LogP contribution < -0.4 is 16.4 Å². The lowest BCUT2D eigenvalue weighted by Crippen LogP contribution is -2.22. The molecule has 0 saturated heterocycles. The van der Waals surface area contributed by atoms with Crippen LogP contribution in [0.25, 0.3) is 0 Å². The van der Waals surface area contributed by atoms with Crippen molar-refractivity contribution in [3.8, 4) is 0 Å². The fourth-order valence-corrected chi connectivity index (χ4v) is 2.58. The first-order valence-corrected chi connectivity index (χ1v) is 7.40. The van der Waals surface area contributed by atoms with Crippen LogP contribution in [0.3, 0.4) is 0 Å². The monoisotopic (exact) mass is 308 g/mol. The molecule has 7 nitrogen and oxygen atoms in total. The Balaban J connectivity index is 2.17. The number of nitrogen functional groups attached to an aromatic ring is 1. The summed E-state index contributed by atoms with van der Waals surface area (Å²) >= 11 is 1.57. The van der Waals surface area contributed by atoms with Gasteiger partial charge in [-0.15, -0.1) is 11.3 Å². The Labute approximate surface area is 128 Å². The normalized spacial score (nSPS) is 12.2. The summed E-state index contributed by atoms with van der Waals surface area (Å²) in [6.45, 7) is 6.56. The highest BCUT2D eigenvalue weighted by Gasteiger charge is 2.12. The molecule has 0 bridgehead atoms. The molecule has 1 unspecified atom stereocenters. The lowest BCUT2D eigenvalue weighted by molar-refractivity contribution is 0.190. The first kappa shape index (κ1) is 15.5. The lowest BCUT2D eigenvalue weighted by atomic mass is 10.3. The number of aryl methyl sites for hydroxylation is 2. The van der Waals surface area contributed by atoms with Crippen LogP contribution in [0.5, 0.6) is 0 Å². The van der Waals surface area contributed by atoms with Gasteiger partial charge < -0.3 is 21.1 Å². The van der Waals surface area contributed by atoms with E-state index in [9.17, 15) is 0 Å². The zero-order valence-electron chi connectivity index (χ0n) is 12.6. The molecule has 0 fully saturated rings. The van der Waals surface area contributed by atoms with Crippen molar-refractivity contribution in [1.29, 1.82) is 0 Å². The highest BCUT2D eigenvalue weighted by molar-refractivity contribution is 7.15. The fraction of sp³-hybridized carbons (Fsp3) is 0.462. The zero-order chi connectivity index (χ0) is 15.4. The first-order chi connectivity index (χ1) is 10.0. The average Bonchev–Trinajstić information content (AvgIpc) is 2.73. The Morgan fingerprint density at radius 3 is 2.67 bits per heavy atom. The van der Waals surface area contributed by atoms with Crippen LogP contribution in [0.1, 0.15) is 17.5 Å². The van der Waals surface area contributed by atoms with Gasteiger partial charge in [0.1, 0.15) is 12.0 Å². The fourth-order valence-electron chi connectivity index (χ4n) is 1.76. The van der Waals surface area contributed by atoms with E-state index in [1.165, 1.54) is 6.33 Å². The number of nitrogens with zero attached hydrogens (tertiary/aromatic N) is 3. The number of hydrogen-bond donors (Lipinski definition) is 3. The molecule has 2 aromatic rings. The second-order valence-electron chi connectivity index (χ2n) is 4.77. The van der Waals surface area contributed by atoms with E-state index in [-0.39, 0.29) is 6.04 Å². The SMILES string of the molecule is COCC(C)Nc1ncnc(Nc2nc(C)c(C)s2)c1N. The molecule has 4 N–H and O–H groups in total. The number of anilines is 4. The quantitative estimate of drug-likeness (QED) is 0.753. The lowest BCUT2D eigenvalue weighted by Gasteiger charge is -2.16. The third kappa shape index (κ3) is 3.79. The van der Waals surface area contributed by atoms with Crippen molar-refractivity contribution in [1.82, 2.24) is 15.0 Å².